The SMILES string of the molecule is Cc1ccc(C(=O)Nc2cccc(S(=O)(=O)N(C)C)c2)cc1C. The normalized spacial score (nSPS) is 11.5. The summed E-state index contributed by atoms with van der Waals surface area (Å²) >= 11 is 0. The van der Waals surface area contributed by atoms with Crippen molar-refractivity contribution in [3.63, 3.8) is 0 Å². The van der Waals surface area contributed by atoms with E-state index in [2.05, 4.69) is 5.32 Å². The second-order valence-electron chi connectivity index (χ2n) is 5.57. The number of nitrogens with zero attached hydrogens (tertiary/aromatic N) is 1. The highest BCUT2D eigenvalue weighted by molar-refractivity contribution is 7.89. The lowest BCUT2D eigenvalue weighted by molar-refractivity contribution is 0.102. The van der Waals surface area contributed by atoms with E-state index in [9.17, 15) is 13.2 Å². The quantitative estimate of drug-likeness (QED) is 0.936. The van der Waals surface area contributed by atoms with Crippen LogP contribution in [0.1, 0.15) is 21.5 Å². The van der Waals surface area contributed by atoms with Crippen LogP contribution in [0.4, 0.5) is 5.69 Å². The van der Waals surface area contributed by atoms with Crippen LogP contribution in [0.2, 0.25) is 0 Å². The molecular formula is C17H20N2O3S. The van der Waals surface area contributed by atoms with Gasteiger partial charge in [-0.2, -0.15) is 0 Å². The van der Waals surface area contributed by atoms with Crippen LogP contribution in [0, 0.1) is 13.8 Å². The van der Waals surface area contributed by atoms with E-state index in [-0.39, 0.29) is 10.8 Å². The Hall–Kier alpha value is -2.18. The van der Waals surface area contributed by atoms with Crippen LogP contribution >= 0.6 is 0 Å². The zero-order chi connectivity index (χ0) is 17.2. The van der Waals surface area contributed by atoms with Gasteiger partial charge in [0.1, 0.15) is 0 Å². The molecule has 122 valence electrons. The maximum atomic E-state index is 12.3. The van der Waals surface area contributed by atoms with Crippen molar-refractivity contribution in [3.05, 3.63) is 59.2 Å². The predicted molar refractivity (Wildman–Crippen MR) is 91.2 cm³/mol. The van der Waals surface area contributed by atoms with Gasteiger partial charge in [0.2, 0.25) is 10.0 Å². The molecule has 0 aliphatic heterocycles. The predicted octanol–water partition coefficient (Wildman–Crippen LogP) is 2.81. The van der Waals surface area contributed by atoms with Crippen molar-refractivity contribution in [2.45, 2.75) is 18.7 Å². The van der Waals surface area contributed by atoms with Crippen molar-refractivity contribution in [3.8, 4) is 0 Å². The number of rotatable bonds is 4. The highest BCUT2D eigenvalue weighted by Gasteiger charge is 2.17. The number of sulfonamides is 1. The minimum Gasteiger partial charge on any atom is -0.322 e. The summed E-state index contributed by atoms with van der Waals surface area (Å²) in [6.07, 6.45) is 0. The molecule has 1 N–H and O–H groups in total. The fourth-order valence-electron chi connectivity index (χ4n) is 2.03. The Morgan fingerprint density at radius 2 is 1.70 bits per heavy atom. The summed E-state index contributed by atoms with van der Waals surface area (Å²) in [4.78, 5) is 12.4. The van der Waals surface area contributed by atoms with Crippen molar-refractivity contribution >= 4 is 21.6 Å². The molecule has 1 amide bonds. The molecule has 0 heterocycles. The molecule has 23 heavy (non-hydrogen) atoms. The summed E-state index contributed by atoms with van der Waals surface area (Å²) in [5.74, 6) is -0.271. The number of anilines is 1. The van der Waals surface area contributed by atoms with E-state index in [1.165, 1.54) is 26.2 Å². The van der Waals surface area contributed by atoms with Crippen molar-refractivity contribution in [1.82, 2.24) is 4.31 Å². The summed E-state index contributed by atoms with van der Waals surface area (Å²) < 4.78 is 25.4. The number of aryl methyl sites for hydroxylation is 2. The lowest BCUT2D eigenvalue weighted by atomic mass is 10.1. The monoisotopic (exact) mass is 332 g/mol. The summed E-state index contributed by atoms with van der Waals surface area (Å²) in [6.45, 7) is 3.92. The van der Waals surface area contributed by atoms with Crippen molar-refractivity contribution in [1.29, 1.82) is 0 Å². The maximum Gasteiger partial charge on any atom is 0.255 e. The van der Waals surface area contributed by atoms with E-state index in [4.69, 9.17) is 0 Å². The number of hydrogen-bond donors (Lipinski definition) is 1. The summed E-state index contributed by atoms with van der Waals surface area (Å²) in [5, 5.41) is 2.73. The first-order valence-corrected chi connectivity index (χ1v) is 8.57. The van der Waals surface area contributed by atoms with Gasteiger partial charge in [-0.3, -0.25) is 4.79 Å². The molecular weight excluding hydrogens is 312 g/mol. The van der Waals surface area contributed by atoms with Crippen LogP contribution in [-0.2, 0) is 10.0 Å². The number of amides is 1. The van der Waals surface area contributed by atoms with Crippen LogP contribution in [0.3, 0.4) is 0 Å². The Morgan fingerprint density at radius 1 is 1.00 bits per heavy atom. The molecule has 0 unspecified atom stereocenters. The highest BCUT2D eigenvalue weighted by atomic mass is 32.2. The minimum atomic E-state index is -3.53. The van der Waals surface area contributed by atoms with Gasteiger partial charge in [0.15, 0.2) is 0 Å². The fourth-order valence-corrected chi connectivity index (χ4v) is 2.98. The van der Waals surface area contributed by atoms with Gasteiger partial charge in [-0.05, 0) is 55.3 Å². The van der Waals surface area contributed by atoms with Crippen molar-refractivity contribution in [2.75, 3.05) is 19.4 Å². The highest BCUT2D eigenvalue weighted by Crippen LogP contribution is 2.19. The topological polar surface area (TPSA) is 66.5 Å². The Morgan fingerprint density at radius 3 is 2.30 bits per heavy atom. The Kier molecular flexibility index (Phi) is 4.87. The number of hydrogen-bond acceptors (Lipinski definition) is 3. The molecule has 5 nitrogen and oxygen atoms in total. The molecule has 0 saturated carbocycles. The number of carbonyl (C=O) groups is 1. The smallest absolute Gasteiger partial charge is 0.255 e. The molecule has 6 heteroatoms. The fraction of sp³-hybridized carbons (Fsp3) is 0.235. The number of benzene rings is 2. The molecule has 0 saturated heterocycles. The molecule has 2 rings (SSSR count). The average molecular weight is 332 g/mol. The van der Waals surface area contributed by atoms with Crippen molar-refractivity contribution in [2.24, 2.45) is 0 Å². The zero-order valence-electron chi connectivity index (χ0n) is 13.6. The van der Waals surface area contributed by atoms with Gasteiger partial charge < -0.3 is 5.32 Å². The first-order valence-electron chi connectivity index (χ1n) is 7.13. The third kappa shape index (κ3) is 3.78. The van der Waals surface area contributed by atoms with Gasteiger partial charge in [-0.25, -0.2) is 12.7 Å². The van der Waals surface area contributed by atoms with Crippen LogP contribution in [-0.4, -0.2) is 32.7 Å². The molecule has 0 atom stereocenters. The van der Waals surface area contributed by atoms with Gasteiger partial charge in [-0.15, -0.1) is 0 Å². The molecule has 0 spiro atoms. The largest absolute Gasteiger partial charge is 0.322 e. The van der Waals surface area contributed by atoms with Crippen LogP contribution in [0.5, 0.6) is 0 Å². The summed E-state index contributed by atoms with van der Waals surface area (Å²) in [7, 11) is -0.594. The average Bonchev–Trinajstić information content (AvgIpc) is 2.50. The van der Waals surface area contributed by atoms with Gasteiger partial charge in [-0.1, -0.05) is 12.1 Å². The van der Waals surface area contributed by atoms with Gasteiger partial charge >= 0.3 is 0 Å². The van der Waals surface area contributed by atoms with Crippen LogP contribution in [0.25, 0.3) is 0 Å². The van der Waals surface area contributed by atoms with Crippen molar-refractivity contribution < 1.29 is 13.2 Å². The van der Waals surface area contributed by atoms with Crippen LogP contribution < -0.4 is 5.32 Å². The van der Waals surface area contributed by atoms with E-state index < -0.39 is 10.0 Å². The Bertz CT molecular complexity index is 843. The molecule has 0 aromatic heterocycles. The van der Waals surface area contributed by atoms with E-state index in [1.807, 2.05) is 26.0 Å². The molecule has 0 radical (unpaired) electrons. The third-order valence-corrected chi connectivity index (χ3v) is 5.45. The Balaban J connectivity index is 2.27. The molecule has 0 fully saturated rings. The van der Waals surface area contributed by atoms with E-state index in [0.29, 0.717) is 11.3 Å². The summed E-state index contributed by atoms with van der Waals surface area (Å²) in [6, 6.07) is 11.7. The molecule has 0 aliphatic carbocycles. The van der Waals surface area contributed by atoms with E-state index in [0.717, 1.165) is 15.4 Å². The molecule has 2 aromatic rings. The second kappa shape index (κ2) is 6.52. The third-order valence-electron chi connectivity index (χ3n) is 3.64. The van der Waals surface area contributed by atoms with Gasteiger partial charge in [0.25, 0.3) is 5.91 Å². The molecule has 2 aromatic carbocycles. The lowest BCUT2D eigenvalue weighted by Crippen LogP contribution is -2.22. The molecule has 0 aliphatic rings. The zero-order valence-corrected chi connectivity index (χ0v) is 14.4. The first-order chi connectivity index (χ1) is 10.7. The van der Waals surface area contributed by atoms with Gasteiger partial charge in [0.05, 0.1) is 4.90 Å². The Labute approximate surface area is 137 Å². The maximum absolute atomic E-state index is 12.3. The number of carbonyl (C=O) groups excluding carboxylic acids is 1. The van der Waals surface area contributed by atoms with E-state index in [1.54, 1.807) is 18.2 Å². The van der Waals surface area contributed by atoms with E-state index >= 15 is 0 Å². The standard InChI is InChI=1S/C17H20N2O3S/c1-12-8-9-14(10-13(12)2)17(20)18-15-6-5-7-16(11-15)23(21,22)19(3)4/h5-11H,1-4H3,(H,18,20). The second-order valence-corrected chi connectivity index (χ2v) is 7.72. The number of nitrogens with one attached hydrogen (secondary N) is 1. The minimum absolute atomic E-state index is 0.139. The van der Waals surface area contributed by atoms with Crippen LogP contribution in [0.15, 0.2) is 47.4 Å². The molecule has 0 bridgehead atoms. The van der Waals surface area contributed by atoms with Gasteiger partial charge in [0, 0.05) is 25.3 Å². The first kappa shape index (κ1) is 17.2. The summed E-state index contributed by atoms with van der Waals surface area (Å²) in [5.41, 5.74) is 3.12. The lowest BCUT2D eigenvalue weighted by Gasteiger charge is -2.13.